The number of nitrogens with zero attached hydrogens (tertiary/aromatic N) is 2. The smallest absolute Gasteiger partial charge is 0.107 e. The quantitative estimate of drug-likeness (QED) is 0.633. The van der Waals surface area contributed by atoms with Gasteiger partial charge < -0.3 is 20.6 Å². The van der Waals surface area contributed by atoms with Gasteiger partial charge in [0, 0.05) is 35.3 Å². The van der Waals surface area contributed by atoms with Crippen molar-refractivity contribution in [3.8, 4) is 0 Å². The maximum atomic E-state index is 10.1. The van der Waals surface area contributed by atoms with Crippen molar-refractivity contribution in [1.29, 1.82) is 0 Å². The van der Waals surface area contributed by atoms with Gasteiger partial charge in [-0.05, 0) is 38.9 Å². The molecule has 1 fully saturated rings. The average Bonchev–Trinajstić information content (AvgIpc) is 2.77. The van der Waals surface area contributed by atoms with Crippen molar-refractivity contribution < 1.29 is 5.11 Å². The molecule has 1 aliphatic heterocycles. The molecule has 2 atom stereocenters. The molecule has 1 saturated heterocycles. The Labute approximate surface area is 136 Å². The maximum Gasteiger partial charge on any atom is 0.107 e. The van der Waals surface area contributed by atoms with Gasteiger partial charge in [-0.1, -0.05) is 18.3 Å². The number of thioether (sulfide) groups is 1. The van der Waals surface area contributed by atoms with Gasteiger partial charge in [-0.15, -0.1) is 11.8 Å². The molecule has 0 aromatic heterocycles. The summed E-state index contributed by atoms with van der Waals surface area (Å²) in [4.78, 5) is 5.90. The van der Waals surface area contributed by atoms with Crippen molar-refractivity contribution in [2.45, 2.75) is 23.5 Å². The molecule has 0 saturated carbocycles. The number of nitrogens with two attached hydrogens (primary N) is 1. The van der Waals surface area contributed by atoms with Crippen LogP contribution in [0, 0.1) is 0 Å². The number of anilines is 1. The molecule has 2 rings (SSSR count). The van der Waals surface area contributed by atoms with E-state index >= 15 is 0 Å². The Kier molecular flexibility index (Phi) is 5.48. The molecule has 0 aliphatic carbocycles. The third-order valence-corrected chi connectivity index (χ3v) is 4.73. The molecule has 1 heterocycles. The monoisotopic (exact) mass is 325 g/mol. The molecule has 1 aromatic carbocycles. The van der Waals surface area contributed by atoms with Crippen molar-refractivity contribution in [2.24, 2.45) is 5.73 Å². The average molecular weight is 326 g/mol. The SMILES string of the molecule is CSc1cccc(N2CC(O)CC2CN(C)C)c1C(N)=S. The van der Waals surface area contributed by atoms with E-state index in [9.17, 15) is 5.11 Å². The predicted octanol–water partition coefficient (Wildman–Crippen LogP) is 1.54. The summed E-state index contributed by atoms with van der Waals surface area (Å²) in [7, 11) is 4.10. The number of hydrogen-bond donors (Lipinski definition) is 2. The first-order valence-corrected chi connectivity index (χ1v) is 8.63. The van der Waals surface area contributed by atoms with Crippen LogP contribution < -0.4 is 10.6 Å². The maximum absolute atomic E-state index is 10.1. The van der Waals surface area contributed by atoms with Gasteiger partial charge in [0.1, 0.15) is 4.99 Å². The van der Waals surface area contributed by atoms with E-state index in [2.05, 4.69) is 30.0 Å². The number of β-amino-alcohol motifs (C(OH)–C–C–N with tert-alkyl or cyclic N) is 1. The first-order chi connectivity index (χ1) is 9.93. The van der Waals surface area contributed by atoms with Gasteiger partial charge in [0.05, 0.1) is 6.10 Å². The molecular formula is C15H23N3OS2. The first-order valence-electron chi connectivity index (χ1n) is 7.00. The minimum absolute atomic E-state index is 0.278. The second-order valence-corrected chi connectivity index (χ2v) is 6.96. The third kappa shape index (κ3) is 3.69. The first kappa shape index (κ1) is 16.5. The zero-order chi connectivity index (χ0) is 15.6. The highest BCUT2D eigenvalue weighted by Gasteiger charge is 2.33. The summed E-state index contributed by atoms with van der Waals surface area (Å²) in [5.74, 6) is 0. The van der Waals surface area contributed by atoms with Crippen LogP contribution in [0.3, 0.4) is 0 Å². The van der Waals surface area contributed by atoms with Crippen LogP contribution in [0.15, 0.2) is 23.1 Å². The van der Waals surface area contributed by atoms with Crippen LogP contribution in [-0.4, -0.2) is 60.6 Å². The molecule has 1 aromatic rings. The van der Waals surface area contributed by atoms with E-state index < -0.39 is 0 Å². The highest BCUT2D eigenvalue weighted by molar-refractivity contribution is 7.98. The Morgan fingerprint density at radius 2 is 2.24 bits per heavy atom. The molecule has 0 radical (unpaired) electrons. The molecule has 21 heavy (non-hydrogen) atoms. The van der Waals surface area contributed by atoms with E-state index in [1.165, 1.54) is 0 Å². The van der Waals surface area contributed by atoms with Crippen molar-refractivity contribution in [3.63, 3.8) is 0 Å². The summed E-state index contributed by atoms with van der Waals surface area (Å²) in [6.07, 6.45) is 2.50. The lowest BCUT2D eigenvalue weighted by Gasteiger charge is -2.30. The third-order valence-electron chi connectivity index (χ3n) is 3.75. The van der Waals surface area contributed by atoms with Crippen molar-refractivity contribution in [3.05, 3.63) is 23.8 Å². The number of rotatable bonds is 5. The lowest BCUT2D eigenvalue weighted by molar-refractivity contribution is 0.191. The number of hydrogen-bond acceptors (Lipinski definition) is 5. The lowest BCUT2D eigenvalue weighted by Crippen LogP contribution is -2.38. The zero-order valence-corrected chi connectivity index (χ0v) is 14.4. The van der Waals surface area contributed by atoms with Crippen molar-refractivity contribution >= 4 is 34.7 Å². The van der Waals surface area contributed by atoms with Gasteiger partial charge in [-0.2, -0.15) is 0 Å². The fraction of sp³-hybridized carbons (Fsp3) is 0.533. The Bertz CT molecular complexity index is 522. The fourth-order valence-electron chi connectivity index (χ4n) is 2.96. The van der Waals surface area contributed by atoms with Gasteiger partial charge in [0.2, 0.25) is 0 Å². The number of likely N-dealkylation sites (N-methyl/N-ethyl adjacent to an activating group) is 1. The van der Waals surface area contributed by atoms with Crippen LogP contribution in [0.1, 0.15) is 12.0 Å². The molecule has 3 N–H and O–H groups in total. The van der Waals surface area contributed by atoms with Gasteiger partial charge in [0.25, 0.3) is 0 Å². The van der Waals surface area contributed by atoms with Crippen LogP contribution in [-0.2, 0) is 0 Å². The fourth-order valence-corrected chi connectivity index (χ4v) is 3.87. The molecule has 116 valence electrons. The van der Waals surface area contributed by atoms with Gasteiger partial charge in [-0.25, -0.2) is 0 Å². The minimum atomic E-state index is -0.299. The Hall–Kier alpha value is -0.820. The van der Waals surface area contributed by atoms with E-state index in [0.29, 0.717) is 11.5 Å². The van der Waals surface area contributed by atoms with Crippen molar-refractivity contribution in [2.75, 3.05) is 38.3 Å². The molecule has 0 spiro atoms. The molecule has 4 nitrogen and oxygen atoms in total. The molecule has 6 heteroatoms. The largest absolute Gasteiger partial charge is 0.391 e. The molecule has 2 unspecified atom stereocenters. The Morgan fingerprint density at radius 3 is 2.81 bits per heavy atom. The predicted molar refractivity (Wildman–Crippen MR) is 94.4 cm³/mol. The second kappa shape index (κ2) is 6.96. The number of thiocarbonyl (C=S) groups is 1. The highest BCUT2D eigenvalue weighted by atomic mass is 32.2. The van der Waals surface area contributed by atoms with E-state index in [1.807, 2.05) is 18.4 Å². The van der Waals surface area contributed by atoms with Crippen molar-refractivity contribution in [1.82, 2.24) is 4.90 Å². The van der Waals surface area contributed by atoms with Crippen LogP contribution >= 0.6 is 24.0 Å². The summed E-state index contributed by atoms with van der Waals surface area (Å²) in [5.41, 5.74) is 7.93. The summed E-state index contributed by atoms with van der Waals surface area (Å²) in [6, 6.07) is 6.39. The van der Waals surface area contributed by atoms with Gasteiger partial charge in [0.15, 0.2) is 0 Å². The van der Waals surface area contributed by atoms with E-state index in [0.717, 1.165) is 29.1 Å². The zero-order valence-electron chi connectivity index (χ0n) is 12.7. The van der Waals surface area contributed by atoms with Crippen LogP contribution in [0.25, 0.3) is 0 Å². The van der Waals surface area contributed by atoms with E-state index in [1.54, 1.807) is 11.8 Å². The summed E-state index contributed by atoms with van der Waals surface area (Å²) < 4.78 is 0. The Balaban J connectivity index is 2.42. The number of benzene rings is 1. The number of aliphatic hydroxyl groups excluding tert-OH is 1. The Morgan fingerprint density at radius 1 is 1.52 bits per heavy atom. The summed E-state index contributed by atoms with van der Waals surface area (Å²) in [6.45, 7) is 1.53. The second-order valence-electron chi connectivity index (χ2n) is 5.68. The summed E-state index contributed by atoms with van der Waals surface area (Å²) >= 11 is 6.91. The van der Waals surface area contributed by atoms with Gasteiger partial charge in [-0.3, -0.25) is 0 Å². The standard InChI is InChI=1S/C15H23N3OS2/c1-17(2)8-10-7-11(19)9-18(10)12-5-4-6-13(21-3)14(12)15(16)20/h4-6,10-11,19H,7-9H2,1-3H3,(H2,16,20). The molecule has 0 amide bonds. The lowest BCUT2D eigenvalue weighted by atomic mass is 10.1. The number of aliphatic hydroxyl groups is 1. The molecule has 1 aliphatic rings. The highest BCUT2D eigenvalue weighted by Crippen LogP contribution is 2.34. The van der Waals surface area contributed by atoms with Crippen LogP contribution in [0.2, 0.25) is 0 Å². The molecule has 0 bridgehead atoms. The minimum Gasteiger partial charge on any atom is -0.391 e. The normalized spacial score (nSPS) is 22.0. The van der Waals surface area contributed by atoms with Gasteiger partial charge >= 0.3 is 0 Å². The van der Waals surface area contributed by atoms with Crippen LogP contribution in [0.5, 0.6) is 0 Å². The van der Waals surface area contributed by atoms with Crippen LogP contribution in [0.4, 0.5) is 5.69 Å². The summed E-state index contributed by atoms with van der Waals surface area (Å²) in [5, 5.41) is 10.1. The topological polar surface area (TPSA) is 52.7 Å². The van der Waals surface area contributed by atoms with E-state index in [-0.39, 0.29) is 12.1 Å². The van der Waals surface area contributed by atoms with E-state index in [4.69, 9.17) is 18.0 Å². The molecular weight excluding hydrogens is 302 g/mol.